The van der Waals surface area contributed by atoms with Crippen LogP contribution >= 0.6 is 0 Å². The summed E-state index contributed by atoms with van der Waals surface area (Å²) >= 11 is 0. The fourth-order valence-corrected chi connectivity index (χ4v) is 4.00. The Morgan fingerprint density at radius 3 is 2.19 bits per heavy atom. The largest absolute Gasteiger partial charge is 0.340 e. The van der Waals surface area contributed by atoms with Gasteiger partial charge in [0.15, 0.2) is 0 Å². The van der Waals surface area contributed by atoms with Gasteiger partial charge in [-0.3, -0.25) is 4.79 Å². The first-order valence-electron chi connectivity index (χ1n) is 9.96. The third-order valence-corrected chi connectivity index (χ3v) is 6.16. The quantitative estimate of drug-likeness (QED) is 0.663. The van der Waals surface area contributed by atoms with Crippen LogP contribution in [0.25, 0.3) is 21.8 Å². The lowest BCUT2D eigenvalue weighted by Crippen LogP contribution is -2.20. The van der Waals surface area contributed by atoms with Crippen LogP contribution in [0.5, 0.6) is 0 Å². The van der Waals surface area contributed by atoms with Crippen molar-refractivity contribution < 1.29 is 4.79 Å². The highest BCUT2D eigenvalue weighted by molar-refractivity contribution is 6.09. The second-order valence-electron chi connectivity index (χ2n) is 7.85. The Morgan fingerprint density at radius 1 is 0.923 bits per heavy atom. The molecule has 3 nitrogen and oxygen atoms in total. The molecule has 0 spiro atoms. The predicted octanol–water partition coefficient (Wildman–Crippen LogP) is 5.15. The highest BCUT2D eigenvalue weighted by Gasteiger charge is 2.20. The van der Waals surface area contributed by atoms with E-state index in [0.717, 1.165) is 36.8 Å². The lowest BCUT2D eigenvalue weighted by molar-refractivity contribution is 0.112. The molecule has 2 aromatic carbocycles. The molecule has 26 heavy (non-hydrogen) atoms. The summed E-state index contributed by atoms with van der Waals surface area (Å²) in [4.78, 5) is 11.0. The van der Waals surface area contributed by atoms with E-state index < -0.39 is 0 Å². The lowest BCUT2D eigenvalue weighted by atomic mass is 9.85. The number of aromatic nitrogens is 1. The number of hydrogen-bond donors (Lipinski definition) is 1. The molecule has 2 aliphatic carbocycles. The molecule has 136 valence electrons. The minimum Gasteiger partial charge on any atom is -0.340 e. The standard InChI is InChI=1S/C18H17NO.C5H11N/c20-12-14-8-9-18-16(10-14)15-6-1-2-7-17(15)19(18)11-13-4-3-5-13;6-4-5-2-1-3-5/h1-2,6-10,12-13H,3-5,11H2;5H,1-4,6H2. The number of nitrogens with two attached hydrogens (primary N) is 1. The summed E-state index contributed by atoms with van der Waals surface area (Å²) in [6, 6.07) is 14.5. The monoisotopic (exact) mass is 348 g/mol. The Hall–Kier alpha value is -2.13. The molecule has 1 heterocycles. The lowest BCUT2D eigenvalue weighted by Gasteiger charge is -2.26. The number of hydrogen-bond acceptors (Lipinski definition) is 2. The number of rotatable bonds is 4. The first kappa shape index (κ1) is 17.3. The zero-order valence-corrected chi connectivity index (χ0v) is 15.4. The molecule has 2 saturated carbocycles. The zero-order chi connectivity index (χ0) is 17.9. The maximum atomic E-state index is 11.0. The van der Waals surface area contributed by atoms with Crippen LogP contribution in [0.1, 0.15) is 48.9 Å². The number of carbonyl (C=O) groups excluding carboxylic acids is 1. The van der Waals surface area contributed by atoms with Crippen molar-refractivity contribution in [2.24, 2.45) is 17.6 Å². The van der Waals surface area contributed by atoms with E-state index >= 15 is 0 Å². The van der Waals surface area contributed by atoms with Gasteiger partial charge in [-0.2, -0.15) is 0 Å². The summed E-state index contributed by atoms with van der Waals surface area (Å²) in [5.74, 6) is 1.71. The molecular weight excluding hydrogens is 320 g/mol. The normalized spacial score (nSPS) is 17.4. The number of aldehydes is 1. The fourth-order valence-electron chi connectivity index (χ4n) is 4.00. The third kappa shape index (κ3) is 3.28. The minimum absolute atomic E-state index is 0.754. The smallest absolute Gasteiger partial charge is 0.150 e. The molecule has 0 bridgehead atoms. The Morgan fingerprint density at radius 2 is 1.62 bits per heavy atom. The number of fused-ring (bicyclic) bond motifs is 3. The predicted molar refractivity (Wildman–Crippen MR) is 109 cm³/mol. The molecule has 0 aliphatic heterocycles. The van der Waals surface area contributed by atoms with Crippen LogP contribution in [0, 0.1) is 11.8 Å². The highest BCUT2D eigenvalue weighted by Crippen LogP contribution is 2.34. The molecule has 3 heteroatoms. The van der Waals surface area contributed by atoms with Gasteiger partial charge in [0.2, 0.25) is 0 Å². The Labute approximate surface area is 155 Å². The number of nitrogens with zero attached hydrogens (tertiary/aromatic N) is 1. The van der Waals surface area contributed by atoms with Crippen molar-refractivity contribution >= 4 is 28.1 Å². The summed E-state index contributed by atoms with van der Waals surface area (Å²) < 4.78 is 2.43. The number of para-hydroxylation sites is 1. The van der Waals surface area contributed by atoms with E-state index in [4.69, 9.17) is 5.73 Å². The van der Waals surface area contributed by atoms with Crippen LogP contribution in [0.2, 0.25) is 0 Å². The molecule has 2 N–H and O–H groups in total. The van der Waals surface area contributed by atoms with Crippen molar-refractivity contribution in [2.75, 3.05) is 6.54 Å². The van der Waals surface area contributed by atoms with E-state index in [0.29, 0.717) is 0 Å². The fraction of sp³-hybridized carbons (Fsp3) is 0.435. The zero-order valence-electron chi connectivity index (χ0n) is 15.4. The third-order valence-electron chi connectivity index (χ3n) is 6.16. The first-order chi connectivity index (χ1) is 12.8. The van der Waals surface area contributed by atoms with Crippen LogP contribution < -0.4 is 5.73 Å². The van der Waals surface area contributed by atoms with Gasteiger partial charge in [-0.15, -0.1) is 0 Å². The van der Waals surface area contributed by atoms with Crippen molar-refractivity contribution in [3.8, 4) is 0 Å². The Bertz CT molecular complexity index is 900. The van der Waals surface area contributed by atoms with E-state index in [1.54, 1.807) is 0 Å². The molecule has 5 rings (SSSR count). The summed E-state index contributed by atoms with van der Waals surface area (Å²) in [5, 5.41) is 2.45. The van der Waals surface area contributed by atoms with Gasteiger partial charge in [-0.1, -0.05) is 31.0 Å². The minimum atomic E-state index is 0.754. The van der Waals surface area contributed by atoms with Gasteiger partial charge in [-0.05, 0) is 68.3 Å². The molecule has 0 atom stereocenters. The van der Waals surface area contributed by atoms with Crippen LogP contribution in [0.15, 0.2) is 42.5 Å². The van der Waals surface area contributed by atoms with Crippen LogP contribution in [-0.4, -0.2) is 17.4 Å². The number of carbonyl (C=O) groups is 1. The van der Waals surface area contributed by atoms with Gasteiger partial charge < -0.3 is 10.3 Å². The maximum absolute atomic E-state index is 11.0. The van der Waals surface area contributed by atoms with Gasteiger partial charge in [0.25, 0.3) is 0 Å². The topological polar surface area (TPSA) is 48.0 Å². The summed E-state index contributed by atoms with van der Waals surface area (Å²) in [6.07, 6.45) is 9.18. The highest BCUT2D eigenvalue weighted by atomic mass is 16.1. The van der Waals surface area contributed by atoms with Crippen molar-refractivity contribution in [3.63, 3.8) is 0 Å². The number of benzene rings is 2. The second kappa shape index (κ2) is 7.63. The molecule has 0 radical (unpaired) electrons. The van der Waals surface area contributed by atoms with Crippen molar-refractivity contribution in [1.82, 2.24) is 4.57 Å². The van der Waals surface area contributed by atoms with Gasteiger partial charge in [-0.25, -0.2) is 0 Å². The van der Waals surface area contributed by atoms with Gasteiger partial charge >= 0.3 is 0 Å². The van der Waals surface area contributed by atoms with Gasteiger partial charge in [0, 0.05) is 33.9 Å². The SMILES string of the molecule is NCC1CCC1.O=Cc1ccc2c(c1)c1ccccc1n2CC1CCC1. The van der Waals surface area contributed by atoms with E-state index in [9.17, 15) is 4.79 Å². The molecule has 0 saturated heterocycles. The summed E-state index contributed by atoms with van der Waals surface area (Å²) in [7, 11) is 0. The summed E-state index contributed by atoms with van der Waals surface area (Å²) in [5.41, 5.74) is 8.63. The van der Waals surface area contributed by atoms with Crippen LogP contribution in [-0.2, 0) is 6.54 Å². The molecular formula is C23H28N2O. The van der Waals surface area contributed by atoms with Crippen molar-refractivity contribution in [1.29, 1.82) is 0 Å². The van der Waals surface area contributed by atoms with Crippen molar-refractivity contribution in [2.45, 2.75) is 45.1 Å². The first-order valence-corrected chi connectivity index (χ1v) is 9.96. The molecule has 1 aromatic heterocycles. The van der Waals surface area contributed by atoms with E-state index in [1.807, 2.05) is 12.1 Å². The van der Waals surface area contributed by atoms with Gasteiger partial charge in [0.1, 0.15) is 6.29 Å². The Balaban J connectivity index is 0.000000240. The molecule has 0 unspecified atom stereocenters. The van der Waals surface area contributed by atoms with E-state index in [1.165, 1.54) is 60.3 Å². The van der Waals surface area contributed by atoms with Gasteiger partial charge in [0.05, 0.1) is 0 Å². The average Bonchev–Trinajstić information content (AvgIpc) is 2.91. The van der Waals surface area contributed by atoms with Crippen molar-refractivity contribution in [3.05, 3.63) is 48.0 Å². The van der Waals surface area contributed by atoms with E-state index in [-0.39, 0.29) is 0 Å². The molecule has 2 fully saturated rings. The van der Waals surface area contributed by atoms with Crippen LogP contribution in [0.3, 0.4) is 0 Å². The second-order valence-corrected chi connectivity index (χ2v) is 7.85. The van der Waals surface area contributed by atoms with Crippen LogP contribution in [0.4, 0.5) is 0 Å². The maximum Gasteiger partial charge on any atom is 0.150 e. The molecule has 0 amide bonds. The molecule has 2 aliphatic rings. The molecule has 3 aromatic rings. The summed E-state index contributed by atoms with van der Waals surface area (Å²) in [6.45, 7) is 2.02. The average molecular weight is 348 g/mol. The Kier molecular flexibility index (Phi) is 5.07. The van der Waals surface area contributed by atoms with E-state index in [2.05, 4.69) is 34.9 Å².